The van der Waals surface area contributed by atoms with Crippen molar-refractivity contribution in [1.82, 2.24) is 0 Å². The van der Waals surface area contributed by atoms with E-state index in [1.807, 2.05) is 0 Å². The van der Waals surface area contributed by atoms with E-state index in [0.29, 0.717) is 0 Å². The molecule has 113 heavy (non-hydrogen) atoms. The SMILES string of the molecule is CC1CCC(C)C[N+]2(CCCCCC2)C1.CC1CCCC(C)[N+]2(CCCCCC2)C1.CC1CCCCC(C)[N+]12CCCCCC2.CC1CCC[N+]2(CCCCCC2)C(C)C1C.CC1CCC[N+]2(CCCCCC2)CC1C.CC1CC[N+]2(CCCCCC2)CC(C)C1.CC1CC[N+]2(CCCCCC2)CCC1C.[CH3-].[CH3-].[CH3-].[CH3-].[CH3-].[CH3-].[CH3-]. The van der Waals surface area contributed by atoms with E-state index in [9.17, 15) is 0 Å². The van der Waals surface area contributed by atoms with Gasteiger partial charge in [0.1, 0.15) is 0 Å². The van der Waals surface area contributed by atoms with Crippen LogP contribution in [-0.2, 0) is 0 Å². The van der Waals surface area contributed by atoms with Crippen LogP contribution in [0.3, 0.4) is 0 Å². The third-order valence-corrected chi connectivity index (χ3v) is 35.0. The Morgan fingerprint density at radius 3 is 0.920 bits per heavy atom. The molecule has 14 saturated heterocycles. The van der Waals surface area contributed by atoms with Crippen molar-refractivity contribution < 1.29 is 31.4 Å². The monoisotopic (exact) mass is 1590 g/mol. The molecular formula is C106H219N7. The van der Waals surface area contributed by atoms with E-state index < -0.39 is 0 Å². The zero-order chi connectivity index (χ0) is 76.0. The molecule has 15 unspecified atom stereocenters. The maximum Gasteiger partial charge on any atom is 0.0890 e. The van der Waals surface area contributed by atoms with E-state index in [2.05, 4.69) is 104 Å². The van der Waals surface area contributed by atoms with Gasteiger partial charge in [-0.1, -0.05) is 76.2 Å². The quantitative estimate of drug-likeness (QED) is 0.168. The number of nitrogens with zero attached hydrogens (tertiary/aromatic N) is 7. The Morgan fingerprint density at radius 2 is 0.478 bits per heavy atom. The van der Waals surface area contributed by atoms with Gasteiger partial charge in [-0.15, -0.1) is 0 Å². The fraction of sp³-hybridized carbons (Fsp3) is 0.934. The van der Waals surface area contributed by atoms with Crippen molar-refractivity contribution in [2.75, 3.05) is 157 Å². The van der Waals surface area contributed by atoms with Gasteiger partial charge in [0.25, 0.3) is 0 Å². The second-order valence-electron chi connectivity index (χ2n) is 43.7. The first-order valence-electron chi connectivity index (χ1n) is 50.0. The Labute approximate surface area is 718 Å². The molecule has 14 aliphatic rings. The van der Waals surface area contributed by atoms with Gasteiger partial charge in [-0.05, 0) is 346 Å². The van der Waals surface area contributed by atoms with Gasteiger partial charge >= 0.3 is 0 Å². The van der Waals surface area contributed by atoms with Crippen molar-refractivity contribution in [2.45, 2.75) is 417 Å². The van der Waals surface area contributed by atoms with E-state index in [4.69, 9.17) is 0 Å². The zero-order valence-electron chi connectivity index (χ0n) is 82.6. The van der Waals surface area contributed by atoms with Crippen LogP contribution in [0.15, 0.2) is 0 Å². The molecule has 0 radical (unpaired) electrons. The van der Waals surface area contributed by atoms with Crippen LogP contribution in [0.1, 0.15) is 393 Å². The highest BCUT2D eigenvalue weighted by molar-refractivity contribution is 4.78. The normalized spacial score (nSPS) is 35.3. The fourth-order valence-corrected chi connectivity index (χ4v) is 26.9. The molecule has 0 amide bonds. The molecular weight excluding hydrogens is 1370 g/mol. The summed E-state index contributed by atoms with van der Waals surface area (Å²) in [6.07, 6.45) is 66.7. The van der Waals surface area contributed by atoms with Gasteiger partial charge in [-0.3, -0.25) is 0 Å². The average molecular weight is 1590 g/mol. The molecule has 0 bridgehead atoms. The fourth-order valence-electron chi connectivity index (χ4n) is 26.9. The van der Waals surface area contributed by atoms with Crippen LogP contribution in [0.5, 0.6) is 0 Å². The molecule has 0 saturated carbocycles. The predicted octanol–water partition coefficient (Wildman–Crippen LogP) is 28.1. The molecule has 0 N–H and O–H groups in total. The van der Waals surface area contributed by atoms with Crippen molar-refractivity contribution in [3.8, 4) is 0 Å². The molecule has 0 aliphatic carbocycles. The molecule has 678 valence electrons. The van der Waals surface area contributed by atoms with Crippen LogP contribution in [0, 0.1) is 117 Å². The predicted molar refractivity (Wildman–Crippen MR) is 510 cm³/mol. The summed E-state index contributed by atoms with van der Waals surface area (Å²) >= 11 is 0. The standard InChI is InChI=1S/C15H30N.6C14H28N.7CH3/c1-13-9-8-12-16(15(3)14(13)2)10-6-4-5-7-11-16;1-13-9-5-6-10-14(2)15(13)11-7-3-4-8-12-15;1-13-7-11-15(12-8-14(13)2)9-5-3-4-6-10-15;1-13-8-7-9-14(2)15(12-13)10-5-3-4-6-11-15;1-13-7-8-14(2)12-15(11-13)9-5-3-4-6-10-15;1-13-8-7-11-15(12-14(13)2)9-5-3-4-6-10-15;1-13-7-10-15(12-14(2)11-13)8-5-3-4-6-9-15;;;;;;;/h13-15H,4-12H2,1-3H3;6*13-14H,3-12H2,1-2H3;7*1H3/q7*+1;7*-1. The van der Waals surface area contributed by atoms with Crippen LogP contribution >= 0.6 is 0 Å². The lowest BCUT2D eigenvalue weighted by atomic mass is 9.87. The summed E-state index contributed by atoms with van der Waals surface area (Å²) < 4.78 is 10.3. The largest absolute Gasteiger partial charge is 0.358 e. The third-order valence-electron chi connectivity index (χ3n) is 35.0. The Kier molecular flexibility index (Phi) is 55.3. The third kappa shape index (κ3) is 35.1. The van der Waals surface area contributed by atoms with Gasteiger partial charge in [-0.25, -0.2) is 0 Å². The second-order valence-corrected chi connectivity index (χ2v) is 43.7. The Bertz CT molecular complexity index is 2180. The highest BCUT2D eigenvalue weighted by Gasteiger charge is 2.45. The van der Waals surface area contributed by atoms with E-state index >= 15 is 0 Å². The van der Waals surface area contributed by atoms with Crippen molar-refractivity contribution in [1.29, 1.82) is 0 Å². The van der Waals surface area contributed by atoms with E-state index in [-0.39, 0.29) is 52.0 Å². The highest BCUT2D eigenvalue weighted by atomic mass is 15.4. The Hall–Kier alpha value is -0.280. The van der Waals surface area contributed by atoms with E-state index in [0.717, 1.165) is 89.3 Å². The number of quaternary nitrogens is 7. The first-order valence-corrected chi connectivity index (χ1v) is 50.0. The maximum atomic E-state index is 2.54. The molecule has 0 aromatic rings. The minimum atomic E-state index is 0. The minimum Gasteiger partial charge on any atom is -0.358 e. The topological polar surface area (TPSA) is 0 Å². The summed E-state index contributed by atoms with van der Waals surface area (Å²) in [6.45, 7) is 72.8. The lowest BCUT2D eigenvalue weighted by Crippen LogP contribution is -2.59. The summed E-state index contributed by atoms with van der Waals surface area (Å²) in [4.78, 5) is 0. The van der Waals surface area contributed by atoms with E-state index in [1.165, 1.54) is 477 Å². The molecule has 7 heteroatoms. The zero-order valence-corrected chi connectivity index (χ0v) is 82.6. The van der Waals surface area contributed by atoms with Gasteiger partial charge in [0.05, 0.1) is 181 Å². The maximum absolute atomic E-state index is 2.54. The average Bonchev–Trinajstić information content (AvgIpc) is 1.69. The number of hydrogen-bond acceptors (Lipinski definition) is 0. The van der Waals surface area contributed by atoms with Crippen LogP contribution in [-0.4, -0.2) is 213 Å². The molecule has 15 atom stereocenters. The lowest BCUT2D eigenvalue weighted by Gasteiger charge is -2.46. The van der Waals surface area contributed by atoms with E-state index in [1.54, 1.807) is 0 Å². The molecule has 0 aromatic heterocycles. The summed E-state index contributed by atoms with van der Waals surface area (Å²) in [5.41, 5.74) is 0. The number of hydrogen-bond donors (Lipinski definition) is 0. The first kappa shape index (κ1) is 111. The van der Waals surface area contributed by atoms with Crippen LogP contribution in [0.2, 0.25) is 0 Å². The molecule has 7 spiro atoms. The first-order chi connectivity index (χ1) is 51.0. The van der Waals surface area contributed by atoms with Crippen molar-refractivity contribution in [2.24, 2.45) is 65.1 Å². The minimum absolute atomic E-state index is 0. The summed E-state index contributed by atoms with van der Waals surface area (Å²) in [7, 11) is 0. The van der Waals surface area contributed by atoms with Crippen molar-refractivity contribution in [3.63, 3.8) is 0 Å². The van der Waals surface area contributed by atoms with Gasteiger partial charge < -0.3 is 83.4 Å². The second kappa shape index (κ2) is 56.5. The molecule has 14 aliphatic heterocycles. The van der Waals surface area contributed by atoms with Crippen LogP contribution < -0.4 is 0 Å². The lowest BCUT2D eigenvalue weighted by molar-refractivity contribution is -0.968. The van der Waals surface area contributed by atoms with Gasteiger partial charge in [-0.2, -0.15) is 0 Å². The molecule has 14 fully saturated rings. The molecule has 14 heterocycles. The summed E-state index contributed by atoms with van der Waals surface area (Å²) in [5.74, 6) is 10.5. The van der Waals surface area contributed by atoms with Gasteiger partial charge in [0, 0.05) is 35.5 Å². The van der Waals surface area contributed by atoms with Crippen molar-refractivity contribution in [3.05, 3.63) is 52.0 Å². The summed E-state index contributed by atoms with van der Waals surface area (Å²) in [5, 5.41) is 0. The molecule has 7 nitrogen and oxygen atoms in total. The number of rotatable bonds is 0. The Balaban J connectivity index is 0.000000652. The smallest absolute Gasteiger partial charge is 0.0890 e. The molecule has 0 aromatic carbocycles. The van der Waals surface area contributed by atoms with Crippen LogP contribution in [0.4, 0.5) is 0 Å². The van der Waals surface area contributed by atoms with Gasteiger partial charge in [0.2, 0.25) is 0 Å². The van der Waals surface area contributed by atoms with Gasteiger partial charge in [0.15, 0.2) is 0 Å². The molecule has 14 rings (SSSR count). The highest BCUT2D eigenvalue weighted by Crippen LogP contribution is 2.40. The Morgan fingerprint density at radius 1 is 0.168 bits per heavy atom. The van der Waals surface area contributed by atoms with Crippen molar-refractivity contribution >= 4 is 0 Å². The van der Waals surface area contributed by atoms with Crippen LogP contribution in [0.25, 0.3) is 0 Å². The summed E-state index contributed by atoms with van der Waals surface area (Å²) in [6, 6.07) is 3.70.